The highest BCUT2D eigenvalue weighted by molar-refractivity contribution is 8.23. The minimum absolute atomic E-state index is 0.144. The number of aliphatic hydroxyl groups is 1. The average Bonchev–Trinajstić information content (AvgIpc) is 2.55. The maximum atomic E-state index is 9.93. The van der Waals surface area contributed by atoms with E-state index >= 15 is 0 Å². The van der Waals surface area contributed by atoms with Crippen molar-refractivity contribution in [2.24, 2.45) is 5.92 Å². The lowest BCUT2D eigenvalue weighted by atomic mass is 10.0. The molecular formula is C17H34OP2. The van der Waals surface area contributed by atoms with Gasteiger partial charge in [0.1, 0.15) is 0 Å². The molecule has 1 N–H and O–H groups in total. The van der Waals surface area contributed by atoms with Crippen LogP contribution < -0.4 is 0 Å². The highest BCUT2D eigenvalue weighted by atomic mass is 32.0. The summed E-state index contributed by atoms with van der Waals surface area (Å²) in [6.45, 7) is 6.57. The van der Waals surface area contributed by atoms with Crippen LogP contribution in [0.25, 0.3) is 0 Å². The Balaban J connectivity index is 2.60. The third-order valence-corrected chi connectivity index (χ3v) is 10.3. The molecular weight excluding hydrogens is 282 g/mol. The first kappa shape index (κ1) is 18.4. The maximum Gasteiger partial charge on any atom is 0.0929 e. The highest BCUT2D eigenvalue weighted by Crippen LogP contribution is 2.63. The van der Waals surface area contributed by atoms with E-state index < -0.39 is 0 Å². The SMILES string of the molecule is CCCCC(CC)CP1CCCCCCC(=C(C)O)P1. The zero-order valence-electron chi connectivity index (χ0n) is 13.7. The third-order valence-electron chi connectivity index (χ3n) is 4.36. The standard InChI is InChI=1S/C17H34OP2/c1-4-6-11-16(5-2)14-20-13-10-8-7-9-12-17(19-20)15(3)18/h16,18-19H,4-14H2,1-3H3. The molecule has 1 aliphatic rings. The molecule has 118 valence electrons. The Bertz CT molecular complexity index is 285. The Morgan fingerprint density at radius 2 is 2.00 bits per heavy atom. The van der Waals surface area contributed by atoms with Crippen LogP contribution in [0.5, 0.6) is 0 Å². The molecule has 0 radical (unpaired) electrons. The number of unbranched alkanes of at least 4 members (excludes halogenated alkanes) is 1. The molecule has 0 saturated carbocycles. The Morgan fingerprint density at radius 3 is 2.65 bits per heavy atom. The predicted octanol–water partition coefficient (Wildman–Crippen LogP) is 7.03. The van der Waals surface area contributed by atoms with Gasteiger partial charge in [-0.15, -0.1) is 0 Å². The summed E-state index contributed by atoms with van der Waals surface area (Å²) in [5, 5.41) is 11.3. The first-order chi connectivity index (χ1) is 9.67. The van der Waals surface area contributed by atoms with E-state index in [0.29, 0.717) is 5.76 Å². The zero-order chi connectivity index (χ0) is 14.8. The lowest BCUT2D eigenvalue weighted by Gasteiger charge is -2.24. The maximum absolute atomic E-state index is 9.93. The molecule has 0 aromatic heterocycles. The van der Waals surface area contributed by atoms with E-state index in [1.165, 1.54) is 69.0 Å². The van der Waals surface area contributed by atoms with Crippen molar-refractivity contribution in [1.82, 2.24) is 0 Å². The molecule has 3 heteroatoms. The van der Waals surface area contributed by atoms with Crippen LogP contribution in [-0.4, -0.2) is 17.4 Å². The molecule has 1 saturated heterocycles. The molecule has 1 fully saturated rings. The van der Waals surface area contributed by atoms with Crippen LogP contribution in [0, 0.1) is 5.92 Å². The number of allylic oxidation sites excluding steroid dienone is 2. The second kappa shape index (κ2) is 11.0. The summed E-state index contributed by atoms with van der Waals surface area (Å²) in [6, 6.07) is 0. The smallest absolute Gasteiger partial charge is 0.0929 e. The van der Waals surface area contributed by atoms with Gasteiger partial charge in [0.25, 0.3) is 0 Å². The average molecular weight is 316 g/mol. The predicted molar refractivity (Wildman–Crippen MR) is 96.7 cm³/mol. The molecule has 1 rings (SSSR count). The van der Waals surface area contributed by atoms with Gasteiger partial charge in [-0.05, 0) is 49.7 Å². The van der Waals surface area contributed by atoms with Gasteiger partial charge in [0, 0.05) is 0 Å². The van der Waals surface area contributed by atoms with Gasteiger partial charge in [0.05, 0.1) is 5.76 Å². The van der Waals surface area contributed by atoms with Crippen molar-refractivity contribution in [3.05, 3.63) is 11.1 Å². The summed E-state index contributed by atoms with van der Waals surface area (Å²) < 4.78 is 0. The second-order valence-electron chi connectivity index (χ2n) is 6.20. The van der Waals surface area contributed by atoms with Crippen LogP contribution in [0.4, 0.5) is 0 Å². The summed E-state index contributed by atoms with van der Waals surface area (Å²) in [5.74, 6) is 1.58. The Kier molecular flexibility index (Phi) is 10.2. The number of hydrogen-bond donors (Lipinski definition) is 1. The normalized spacial score (nSPS) is 26.6. The second-order valence-corrected chi connectivity index (χ2v) is 11.5. The van der Waals surface area contributed by atoms with Crippen molar-refractivity contribution in [2.75, 3.05) is 12.3 Å². The van der Waals surface area contributed by atoms with Gasteiger partial charge < -0.3 is 5.11 Å². The molecule has 0 bridgehead atoms. The van der Waals surface area contributed by atoms with Gasteiger partial charge in [-0.3, -0.25) is 0 Å². The molecule has 0 spiro atoms. The number of rotatable bonds is 6. The van der Waals surface area contributed by atoms with Gasteiger partial charge >= 0.3 is 0 Å². The molecule has 1 aliphatic heterocycles. The third kappa shape index (κ3) is 7.42. The van der Waals surface area contributed by atoms with Gasteiger partial charge in [0.15, 0.2) is 0 Å². The largest absolute Gasteiger partial charge is 0.512 e. The lowest BCUT2D eigenvalue weighted by Crippen LogP contribution is -2.04. The van der Waals surface area contributed by atoms with Crippen molar-refractivity contribution in [1.29, 1.82) is 0 Å². The van der Waals surface area contributed by atoms with E-state index in [1.54, 1.807) is 0 Å². The van der Waals surface area contributed by atoms with Crippen LogP contribution in [0.2, 0.25) is 0 Å². The van der Waals surface area contributed by atoms with E-state index in [0.717, 1.165) is 20.6 Å². The monoisotopic (exact) mass is 316 g/mol. The zero-order valence-corrected chi connectivity index (χ0v) is 15.6. The van der Waals surface area contributed by atoms with Crippen LogP contribution in [0.15, 0.2) is 11.1 Å². The van der Waals surface area contributed by atoms with Crippen LogP contribution in [0.1, 0.15) is 78.6 Å². The van der Waals surface area contributed by atoms with E-state index in [-0.39, 0.29) is 7.61 Å². The molecule has 0 aromatic rings. The first-order valence-electron chi connectivity index (χ1n) is 8.57. The van der Waals surface area contributed by atoms with Crippen molar-refractivity contribution < 1.29 is 5.11 Å². The van der Waals surface area contributed by atoms with Crippen molar-refractivity contribution in [2.45, 2.75) is 78.6 Å². The fraction of sp³-hybridized carbons (Fsp3) is 0.882. The minimum atomic E-state index is 0.144. The quantitative estimate of drug-likeness (QED) is 0.412. The summed E-state index contributed by atoms with van der Waals surface area (Å²) >= 11 is 0. The van der Waals surface area contributed by atoms with Crippen molar-refractivity contribution in [3.8, 4) is 0 Å². The fourth-order valence-corrected chi connectivity index (χ4v) is 9.60. The topological polar surface area (TPSA) is 20.2 Å². The van der Waals surface area contributed by atoms with Crippen LogP contribution >= 0.6 is 15.9 Å². The first-order valence-corrected chi connectivity index (χ1v) is 12.1. The van der Waals surface area contributed by atoms with Crippen LogP contribution in [-0.2, 0) is 0 Å². The molecule has 3 atom stereocenters. The lowest BCUT2D eigenvalue weighted by molar-refractivity contribution is 0.408. The summed E-state index contributed by atoms with van der Waals surface area (Å²) in [5.41, 5.74) is 0. The molecule has 0 amide bonds. The molecule has 0 aliphatic carbocycles. The van der Waals surface area contributed by atoms with Gasteiger partial charge in [-0.25, -0.2) is 0 Å². The van der Waals surface area contributed by atoms with E-state index in [9.17, 15) is 5.11 Å². The van der Waals surface area contributed by atoms with Crippen molar-refractivity contribution >= 4 is 15.9 Å². The Morgan fingerprint density at radius 1 is 1.25 bits per heavy atom. The molecule has 0 aromatic carbocycles. The molecule has 3 unspecified atom stereocenters. The number of aliphatic hydroxyl groups excluding tert-OH is 1. The van der Waals surface area contributed by atoms with Gasteiger partial charge in [-0.1, -0.05) is 68.3 Å². The highest BCUT2D eigenvalue weighted by Gasteiger charge is 2.18. The molecule has 1 nitrogen and oxygen atoms in total. The summed E-state index contributed by atoms with van der Waals surface area (Å²) in [7, 11) is 1.09. The summed E-state index contributed by atoms with van der Waals surface area (Å²) in [4.78, 5) is 0. The van der Waals surface area contributed by atoms with Gasteiger partial charge in [-0.2, -0.15) is 0 Å². The van der Waals surface area contributed by atoms with Crippen LogP contribution in [0.3, 0.4) is 0 Å². The van der Waals surface area contributed by atoms with Crippen molar-refractivity contribution in [3.63, 3.8) is 0 Å². The summed E-state index contributed by atoms with van der Waals surface area (Å²) in [6.07, 6.45) is 15.1. The fourth-order valence-electron chi connectivity index (χ4n) is 2.89. The van der Waals surface area contributed by atoms with E-state index in [1.807, 2.05) is 6.92 Å². The van der Waals surface area contributed by atoms with E-state index in [4.69, 9.17) is 0 Å². The molecule has 20 heavy (non-hydrogen) atoms. The van der Waals surface area contributed by atoms with E-state index in [2.05, 4.69) is 13.8 Å². The van der Waals surface area contributed by atoms with Gasteiger partial charge in [0.2, 0.25) is 0 Å². The Hall–Kier alpha value is 0.400. The number of hydrogen-bond acceptors (Lipinski definition) is 1. The Labute approximate surface area is 129 Å². The molecule has 1 heterocycles. The minimum Gasteiger partial charge on any atom is -0.512 e.